The van der Waals surface area contributed by atoms with Crippen molar-refractivity contribution in [2.24, 2.45) is 0 Å². The van der Waals surface area contributed by atoms with Crippen molar-refractivity contribution in [1.82, 2.24) is 14.9 Å². The van der Waals surface area contributed by atoms with Crippen LogP contribution >= 0.6 is 11.8 Å². The molecule has 0 radical (unpaired) electrons. The largest absolute Gasteiger partial charge is 0.493 e. The van der Waals surface area contributed by atoms with E-state index in [0.29, 0.717) is 11.8 Å². The van der Waals surface area contributed by atoms with E-state index in [9.17, 15) is 0 Å². The first-order valence-electron chi connectivity index (χ1n) is 8.18. The average Bonchev–Trinajstić information content (AvgIpc) is 2.60. The van der Waals surface area contributed by atoms with Gasteiger partial charge >= 0.3 is 0 Å². The van der Waals surface area contributed by atoms with Crippen LogP contribution in [0.15, 0.2) is 36.5 Å². The highest BCUT2D eigenvalue weighted by molar-refractivity contribution is 7.99. The Hall–Kier alpha value is -1.99. The van der Waals surface area contributed by atoms with Gasteiger partial charge in [-0.2, -0.15) is 16.7 Å². The van der Waals surface area contributed by atoms with Crippen molar-refractivity contribution in [3.63, 3.8) is 0 Å². The summed E-state index contributed by atoms with van der Waals surface area (Å²) in [5.41, 5.74) is 6.54. The zero-order chi connectivity index (χ0) is 16.6. The van der Waals surface area contributed by atoms with E-state index < -0.39 is 0 Å². The highest BCUT2D eigenvalue weighted by atomic mass is 32.2. The van der Waals surface area contributed by atoms with Gasteiger partial charge in [0, 0.05) is 49.1 Å². The van der Waals surface area contributed by atoms with E-state index in [4.69, 9.17) is 10.5 Å². The lowest BCUT2D eigenvalue weighted by Gasteiger charge is -2.25. The summed E-state index contributed by atoms with van der Waals surface area (Å²) in [5.74, 6) is 4.27. The molecule has 0 atom stereocenters. The van der Waals surface area contributed by atoms with Crippen LogP contribution in [0.5, 0.6) is 5.75 Å². The van der Waals surface area contributed by atoms with Gasteiger partial charge in [-0.25, -0.2) is 4.98 Å². The van der Waals surface area contributed by atoms with E-state index in [-0.39, 0.29) is 0 Å². The summed E-state index contributed by atoms with van der Waals surface area (Å²) in [6.07, 6.45) is 2.67. The third kappa shape index (κ3) is 5.28. The number of rotatable bonds is 7. The first-order valence-corrected chi connectivity index (χ1v) is 9.33. The second kappa shape index (κ2) is 8.75. The Kier molecular flexibility index (Phi) is 6.14. The van der Waals surface area contributed by atoms with Gasteiger partial charge in [0.15, 0.2) is 0 Å². The van der Waals surface area contributed by atoms with Crippen molar-refractivity contribution in [2.75, 3.05) is 48.8 Å². The lowest BCUT2D eigenvalue weighted by Crippen LogP contribution is -2.33. The smallest absolute Gasteiger partial charge is 0.229 e. The average molecular weight is 345 g/mol. The molecule has 0 unspecified atom stereocenters. The maximum atomic E-state index is 5.86. The molecule has 1 aromatic heterocycles. The number of aromatic nitrogens is 2. The van der Waals surface area contributed by atoms with E-state index in [1.165, 1.54) is 24.6 Å². The molecule has 0 aliphatic carbocycles. The molecule has 0 bridgehead atoms. The maximum Gasteiger partial charge on any atom is 0.229 e. The van der Waals surface area contributed by atoms with Crippen LogP contribution in [0.2, 0.25) is 0 Å². The number of hydrogen-bond acceptors (Lipinski definition) is 7. The number of nitrogens with one attached hydrogen (secondary N) is 1. The summed E-state index contributed by atoms with van der Waals surface area (Å²) in [7, 11) is 0. The number of thioether (sulfide) groups is 1. The SMILES string of the molecule is Nc1ccnc(Nc2cccc(OCCCN3CCSCC3)c2)n1. The Balaban J connectivity index is 1.46. The van der Waals surface area contributed by atoms with Gasteiger partial charge in [0.1, 0.15) is 11.6 Å². The van der Waals surface area contributed by atoms with E-state index in [2.05, 4.69) is 20.2 Å². The minimum absolute atomic E-state index is 0.441. The van der Waals surface area contributed by atoms with Gasteiger partial charge in [0.25, 0.3) is 0 Å². The Morgan fingerprint density at radius 1 is 1.25 bits per heavy atom. The summed E-state index contributed by atoms with van der Waals surface area (Å²) < 4.78 is 5.86. The van der Waals surface area contributed by atoms with E-state index in [1.54, 1.807) is 12.3 Å². The molecule has 0 saturated carbocycles. The molecule has 1 aliphatic rings. The normalized spacial score (nSPS) is 15.2. The summed E-state index contributed by atoms with van der Waals surface area (Å²) in [6, 6.07) is 9.47. The zero-order valence-electron chi connectivity index (χ0n) is 13.6. The zero-order valence-corrected chi connectivity index (χ0v) is 14.5. The number of anilines is 3. The fraction of sp³-hybridized carbons (Fsp3) is 0.412. The topological polar surface area (TPSA) is 76.3 Å². The molecule has 24 heavy (non-hydrogen) atoms. The van der Waals surface area contributed by atoms with Gasteiger partial charge < -0.3 is 20.7 Å². The number of benzene rings is 1. The molecule has 2 aromatic rings. The molecule has 128 valence electrons. The Morgan fingerprint density at radius 3 is 2.96 bits per heavy atom. The first kappa shape index (κ1) is 16.9. The molecular formula is C17H23N5OS. The molecule has 3 N–H and O–H groups in total. The number of nitrogens with two attached hydrogens (primary N) is 1. The summed E-state index contributed by atoms with van der Waals surface area (Å²) in [6.45, 7) is 4.23. The van der Waals surface area contributed by atoms with Crippen LogP contribution in [0.25, 0.3) is 0 Å². The Labute approximate surface area is 146 Å². The molecule has 0 spiro atoms. The quantitative estimate of drug-likeness (QED) is 0.747. The summed E-state index contributed by atoms with van der Waals surface area (Å²) >= 11 is 2.04. The van der Waals surface area contributed by atoms with Gasteiger partial charge in [-0.3, -0.25) is 0 Å². The van der Waals surface area contributed by atoms with E-state index in [1.807, 2.05) is 36.0 Å². The molecule has 1 saturated heterocycles. The Morgan fingerprint density at radius 2 is 2.12 bits per heavy atom. The van der Waals surface area contributed by atoms with Gasteiger partial charge in [-0.1, -0.05) is 6.07 Å². The van der Waals surface area contributed by atoms with Crippen molar-refractivity contribution in [3.8, 4) is 5.75 Å². The second-order valence-electron chi connectivity index (χ2n) is 5.61. The molecule has 6 nitrogen and oxygen atoms in total. The summed E-state index contributed by atoms with van der Waals surface area (Å²) in [5, 5.41) is 3.13. The van der Waals surface area contributed by atoms with Crippen molar-refractivity contribution in [1.29, 1.82) is 0 Å². The standard InChI is InChI=1S/C17H23N5OS/c18-16-5-6-19-17(21-16)20-14-3-1-4-15(13-14)23-10-2-7-22-8-11-24-12-9-22/h1,3-6,13H,2,7-12H2,(H3,18,19,20,21). The number of ether oxygens (including phenoxy) is 1. The van der Waals surface area contributed by atoms with Crippen LogP contribution in [0, 0.1) is 0 Å². The second-order valence-corrected chi connectivity index (χ2v) is 6.84. The molecule has 1 fully saturated rings. The first-order chi connectivity index (χ1) is 11.8. The van der Waals surface area contributed by atoms with Crippen LogP contribution in [0.3, 0.4) is 0 Å². The minimum Gasteiger partial charge on any atom is -0.493 e. The number of hydrogen-bond donors (Lipinski definition) is 2. The van der Waals surface area contributed by atoms with Crippen LogP contribution in [0.1, 0.15) is 6.42 Å². The van der Waals surface area contributed by atoms with Crippen LogP contribution in [0.4, 0.5) is 17.5 Å². The predicted octanol–water partition coefficient (Wildman–Crippen LogP) is 2.62. The van der Waals surface area contributed by atoms with Gasteiger partial charge in [0.2, 0.25) is 5.95 Å². The fourth-order valence-electron chi connectivity index (χ4n) is 2.53. The van der Waals surface area contributed by atoms with Crippen molar-refractivity contribution in [3.05, 3.63) is 36.5 Å². The molecule has 1 aliphatic heterocycles. The van der Waals surface area contributed by atoms with Crippen molar-refractivity contribution in [2.45, 2.75) is 6.42 Å². The third-order valence-corrected chi connectivity index (χ3v) is 4.70. The highest BCUT2D eigenvalue weighted by Gasteiger charge is 2.09. The molecule has 1 aromatic carbocycles. The monoisotopic (exact) mass is 345 g/mol. The lowest BCUT2D eigenvalue weighted by molar-refractivity contribution is 0.248. The van der Waals surface area contributed by atoms with Crippen LogP contribution in [-0.2, 0) is 0 Å². The molecule has 2 heterocycles. The van der Waals surface area contributed by atoms with Crippen LogP contribution in [-0.4, -0.2) is 52.6 Å². The van der Waals surface area contributed by atoms with Gasteiger partial charge in [-0.05, 0) is 24.6 Å². The summed E-state index contributed by atoms with van der Waals surface area (Å²) in [4.78, 5) is 10.8. The molecular weight excluding hydrogens is 322 g/mol. The van der Waals surface area contributed by atoms with Crippen molar-refractivity contribution >= 4 is 29.2 Å². The van der Waals surface area contributed by atoms with Gasteiger partial charge in [0.05, 0.1) is 6.61 Å². The Bertz CT molecular complexity index is 648. The van der Waals surface area contributed by atoms with Gasteiger partial charge in [-0.15, -0.1) is 0 Å². The maximum absolute atomic E-state index is 5.86. The van der Waals surface area contributed by atoms with Crippen molar-refractivity contribution < 1.29 is 4.74 Å². The molecule has 7 heteroatoms. The van der Waals surface area contributed by atoms with Crippen LogP contribution < -0.4 is 15.8 Å². The predicted molar refractivity (Wildman–Crippen MR) is 100 cm³/mol. The minimum atomic E-state index is 0.441. The molecule has 3 rings (SSSR count). The van der Waals surface area contributed by atoms with E-state index >= 15 is 0 Å². The third-order valence-electron chi connectivity index (χ3n) is 3.76. The fourth-order valence-corrected chi connectivity index (χ4v) is 3.51. The highest BCUT2D eigenvalue weighted by Crippen LogP contribution is 2.20. The number of nitrogen functional groups attached to an aromatic ring is 1. The molecule has 0 amide bonds. The number of nitrogens with zero attached hydrogens (tertiary/aromatic N) is 3. The lowest BCUT2D eigenvalue weighted by atomic mass is 10.3. The van der Waals surface area contributed by atoms with E-state index in [0.717, 1.165) is 31.0 Å².